The van der Waals surface area contributed by atoms with E-state index in [9.17, 15) is 8.42 Å². The lowest BCUT2D eigenvalue weighted by molar-refractivity contribution is 0.602. The largest absolute Gasteiger partial charge is 0.224 e. The Morgan fingerprint density at radius 3 is 2.18 bits per heavy atom. The first-order chi connectivity index (χ1) is 8.00. The Hall–Kier alpha value is -1.13. The lowest BCUT2D eigenvalue weighted by atomic mass is 10.2. The van der Waals surface area contributed by atoms with Crippen molar-refractivity contribution in [1.29, 1.82) is 0 Å². The van der Waals surface area contributed by atoms with Gasteiger partial charge in [-0.3, -0.25) is 0 Å². The Bertz CT molecular complexity index is 607. The van der Waals surface area contributed by atoms with Gasteiger partial charge in [-0.2, -0.15) is 0 Å². The lowest BCUT2D eigenvalue weighted by Gasteiger charge is -2.00. The number of aryl methyl sites for hydroxylation is 1. The SMILES string of the molecule is CCc1ccc(-c2ccc(S(C)(=O)=O)cc2)s1. The minimum Gasteiger partial charge on any atom is -0.224 e. The first kappa shape index (κ1) is 12.3. The van der Waals surface area contributed by atoms with Gasteiger partial charge in [-0.15, -0.1) is 11.3 Å². The molecule has 17 heavy (non-hydrogen) atoms. The molecule has 0 atom stereocenters. The first-order valence-electron chi connectivity index (χ1n) is 5.40. The maximum Gasteiger partial charge on any atom is 0.175 e. The Balaban J connectivity index is 2.35. The second-order valence-corrected chi connectivity index (χ2v) is 7.10. The number of rotatable bonds is 3. The van der Waals surface area contributed by atoms with Crippen LogP contribution >= 0.6 is 11.3 Å². The molecule has 0 aliphatic carbocycles. The van der Waals surface area contributed by atoms with Gasteiger partial charge < -0.3 is 0 Å². The predicted octanol–water partition coefficient (Wildman–Crippen LogP) is 3.38. The maximum atomic E-state index is 11.3. The highest BCUT2D eigenvalue weighted by Crippen LogP contribution is 2.29. The molecule has 0 radical (unpaired) electrons. The van der Waals surface area contributed by atoms with Crippen LogP contribution in [0.15, 0.2) is 41.3 Å². The highest BCUT2D eigenvalue weighted by Gasteiger charge is 2.07. The minimum absolute atomic E-state index is 0.369. The second kappa shape index (κ2) is 4.63. The average molecular weight is 266 g/mol. The molecule has 0 saturated heterocycles. The van der Waals surface area contributed by atoms with Gasteiger partial charge in [0.2, 0.25) is 0 Å². The van der Waals surface area contributed by atoms with Crippen LogP contribution in [-0.4, -0.2) is 14.7 Å². The molecule has 0 unspecified atom stereocenters. The summed E-state index contributed by atoms with van der Waals surface area (Å²) in [5, 5.41) is 0. The average Bonchev–Trinajstić information content (AvgIpc) is 2.76. The molecule has 0 spiro atoms. The predicted molar refractivity (Wildman–Crippen MR) is 72.2 cm³/mol. The van der Waals surface area contributed by atoms with E-state index in [1.165, 1.54) is 16.0 Å². The van der Waals surface area contributed by atoms with Crippen LogP contribution in [0.2, 0.25) is 0 Å². The second-order valence-electron chi connectivity index (χ2n) is 3.92. The zero-order chi connectivity index (χ0) is 12.5. The molecule has 2 rings (SSSR count). The summed E-state index contributed by atoms with van der Waals surface area (Å²) in [7, 11) is -3.10. The van der Waals surface area contributed by atoms with E-state index in [1.54, 1.807) is 23.5 Å². The zero-order valence-corrected chi connectivity index (χ0v) is 11.4. The van der Waals surface area contributed by atoms with E-state index in [0.717, 1.165) is 12.0 Å². The van der Waals surface area contributed by atoms with E-state index in [-0.39, 0.29) is 0 Å². The van der Waals surface area contributed by atoms with Gasteiger partial charge in [-0.1, -0.05) is 19.1 Å². The highest BCUT2D eigenvalue weighted by atomic mass is 32.2. The van der Waals surface area contributed by atoms with E-state index >= 15 is 0 Å². The fourth-order valence-corrected chi connectivity index (χ4v) is 3.17. The highest BCUT2D eigenvalue weighted by molar-refractivity contribution is 7.90. The molecule has 0 amide bonds. The van der Waals surface area contributed by atoms with Crippen LogP contribution in [0.4, 0.5) is 0 Å². The molecule has 0 fully saturated rings. The van der Waals surface area contributed by atoms with Crippen molar-refractivity contribution in [3.8, 4) is 10.4 Å². The van der Waals surface area contributed by atoms with Crippen LogP contribution in [0.5, 0.6) is 0 Å². The Morgan fingerprint density at radius 1 is 1.06 bits per heavy atom. The van der Waals surface area contributed by atoms with Crippen molar-refractivity contribution >= 4 is 21.2 Å². The lowest BCUT2D eigenvalue weighted by Crippen LogP contribution is -1.95. The Morgan fingerprint density at radius 2 is 1.71 bits per heavy atom. The van der Waals surface area contributed by atoms with Gasteiger partial charge in [0.05, 0.1) is 4.90 Å². The van der Waals surface area contributed by atoms with Crippen LogP contribution in [0.1, 0.15) is 11.8 Å². The van der Waals surface area contributed by atoms with Crippen molar-refractivity contribution in [2.75, 3.05) is 6.26 Å². The summed E-state index contributed by atoms with van der Waals surface area (Å²) < 4.78 is 22.7. The summed E-state index contributed by atoms with van der Waals surface area (Å²) in [4.78, 5) is 2.89. The molecule has 1 heterocycles. The van der Waals surface area contributed by atoms with E-state index in [2.05, 4.69) is 19.1 Å². The van der Waals surface area contributed by atoms with Crippen molar-refractivity contribution in [2.45, 2.75) is 18.2 Å². The molecule has 0 bridgehead atoms. The van der Waals surface area contributed by atoms with Crippen molar-refractivity contribution in [3.63, 3.8) is 0 Å². The maximum absolute atomic E-state index is 11.3. The number of hydrogen-bond donors (Lipinski definition) is 0. The summed E-state index contributed by atoms with van der Waals surface area (Å²) in [6, 6.07) is 11.2. The van der Waals surface area contributed by atoms with Gasteiger partial charge >= 0.3 is 0 Å². The monoisotopic (exact) mass is 266 g/mol. The molecule has 2 nitrogen and oxygen atoms in total. The summed E-state index contributed by atoms with van der Waals surface area (Å²) >= 11 is 1.75. The molecular formula is C13H14O2S2. The van der Waals surface area contributed by atoms with Crippen LogP contribution in [0.3, 0.4) is 0 Å². The topological polar surface area (TPSA) is 34.1 Å². The van der Waals surface area contributed by atoms with E-state index in [0.29, 0.717) is 4.90 Å². The van der Waals surface area contributed by atoms with Gasteiger partial charge in [0.15, 0.2) is 9.84 Å². The summed E-state index contributed by atoms with van der Waals surface area (Å²) in [5.41, 5.74) is 1.07. The zero-order valence-electron chi connectivity index (χ0n) is 9.80. The molecule has 0 N–H and O–H groups in total. The van der Waals surface area contributed by atoms with Gasteiger partial charge in [0, 0.05) is 16.0 Å². The molecule has 90 valence electrons. The summed E-state index contributed by atoms with van der Waals surface area (Å²) in [6.45, 7) is 2.13. The third-order valence-electron chi connectivity index (χ3n) is 2.58. The number of hydrogen-bond acceptors (Lipinski definition) is 3. The van der Waals surface area contributed by atoms with E-state index in [4.69, 9.17) is 0 Å². The van der Waals surface area contributed by atoms with Crippen LogP contribution < -0.4 is 0 Å². The normalized spacial score (nSPS) is 11.6. The molecule has 2 aromatic rings. The molecule has 0 aliphatic rings. The number of benzene rings is 1. The third-order valence-corrected chi connectivity index (χ3v) is 4.98. The molecule has 1 aromatic heterocycles. The quantitative estimate of drug-likeness (QED) is 0.853. The molecule has 0 saturated carbocycles. The van der Waals surface area contributed by atoms with Crippen LogP contribution in [0.25, 0.3) is 10.4 Å². The number of sulfone groups is 1. The van der Waals surface area contributed by atoms with Crippen molar-refractivity contribution < 1.29 is 8.42 Å². The van der Waals surface area contributed by atoms with Crippen molar-refractivity contribution in [1.82, 2.24) is 0 Å². The third kappa shape index (κ3) is 2.76. The van der Waals surface area contributed by atoms with Crippen molar-refractivity contribution in [2.24, 2.45) is 0 Å². The summed E-state index contributed by atoms with van der Waals surface area (Å²) in [5.74, 6) is 0. The molecular weight excluding hydrogens is 252 g/mol. The first-order valence-corrected chi connectivity index (χ1v) is 8.10. The smallest absolute Gasteiger partial charge is 0.175 e. The van der Waals surface area contributed by atoms with Gasteiger partial charge in [0.1, 0.15) is 0 Å². The Labute approximate surface area is 106 Å². The fraction of sp³-hybridized carbons (Fsp3) is 0.231. The van der Waals surface area contributed by atoms with Crippen LogP contribution in [-0.2, 0) is 16.3 Å². The van der Waals surface area contributed by atoms with Gasteiger partial charge in [-0.25, -0.2) is 8.42 Å². The van der Waals surface area contributed by atoms with E-state index < -0.39 is 9.84 Å². The standard InChI is InChI=1S/C13H14O2S2/c1-3-11-6-9-13(16-11)10-4-7-12(8-5-10)17(2,14)15/h4-9H,3H2,1-2H3. The van der Waals surface area contributed by atoms with Crippen molar-refractivity contribution in [3.05, 3.63) is 41.3 Å². The molecule has 1 aromatic carbocycles. The minimum atomic E-state index is -3.10. The summed E-state index contributed by atoms with van der Waals surface area (Å²) in [6.07, 6.45) is 2.26. The van der Waals surface area contributed by atoms with Crippen LogP contribution in [0, 0.1) is 0 Å². The van der Waals surface area contributed by atoms with Gasteiger partial charge in [-0.05, 0) is 36.2 Å². The molecule has 4 heteroatoms. The van der Waals surface area contributed by atoms with E-state index in [1.807, 2.05) is 12.1 Å². The number of thiophene rings is 1. The fourth-order valence-electron chi connectivity index (χ4n) is 1.59. The molecule has 0 aliphatic heterocycles. The van der Waals surface area contributed by atoms with Gasteiger partial charge in [0.25, 0.3) is 0 Å². The Kier molecular flexibility index (Phi) is 3.35.